The van der Waals surface area contributed by atoms with E-state index in [1.54, 1.807) is 36.3 Å². The number of halogens is 2. The number of fused-ring (bicyclic) bond motifs is 2. The lowest BCUT2D eigenvalue weighted by atomic mass is 9.60. The second-order valence-corrected chi connectivity index (χ2v) is 13.6. The highest BCUT2D eigenvalue weighted by Crippen LogP contribution is 2.51. The third-order valence-corrected chi connectivity index (χ3v) is 10.1. The number of hydrogen-bond donors (Lipinski definition) is 0. The maximum Gasteiger partial charge on any atom is 0.262 e. The molecule has 9 nitrogen and oxygen atoms in total. The van der Waals surface area contributed by atoms with Gasteiger partial charge in [0, 0.05) is 38.1 Å². The van der Waals surface area contributed by atoms with Gasteiger partial charge in [-0.3, -0.25) is 14.5 Å². The Labute approximate surface area is 248 Å². The maximum atomic E-state index is 14.4. The van der Waals surface area contributed by atoms with Crippen LogP contribution in [-0.4, -0.2) is 55.6 Å². The number of ketones is 1. The van der Waals surface area contributed by atoms with Gasteiger partial charge >= 0.3 is 0 Å². The molecule has 2 atom stereocenters. The van der Waals surface area contributed by atoms with Crippen molar-refractivity contribution in [2.75, 3.05) is 6.54 Å². The highest BCUT2D eigenvalue weighted by atomic mass is 32.2. The van der Waals surface area contributed by atoms with Crippen molar-refractivity contribution in [3.8, 4) is 5.69 Å². The Morgan fingerprint density at radius 1 is 1.14 bits per heavy atom. The van der Waals surface area contributed by atoms with E-state index in [-0.39, 0.29) is 47.6 Å². The summed E-state index contributed by atoms with van der Waals surface area (Å²) in [7, 11) is -2.32. The van der Waals surface area contributed by atoms with E-state index < -0.39 is 27.3 Å². The van der Waals surface area contributed by atoms with E-state index in [1.165, 1.54) is 39.4 Å². The molecule has 0 saturated heterocycles. The van der Waals surface area contributed by atoms with E-state index in [0.717, 1.165) is 22.9 Å². The van der Waals surface area contributed by atoms with Gasteiger partial charge in [-0.05, 0) is 79.6 Å². The zero-order valence-electron chi connectivity index (χ0n) is 24.1. The second-order valence-electron chi connectivity index (χ2n) is 11.8. The summed E-state index contributed by atoms with van der Waals surface area (Å²) in [6.45, 7) is 4.14. The van der Waals surface area contributed by atoms with Crippen LogP contribution in [0, 0.1) is 23.0 Å². The highest BCUT2D eigenvalue weighted by molar-refractivity contribution is 7.89. The zero-order chi connectivity index (χ0) is 30.5. The van der Waals surface area contributed by atoms with Gasteiger partial charge in [-0.25, -0.2) is 21.9 Å². The van der Waals surface area contributed by atoms with Gasteiger partial charge in [-0.1, -0.05) is 19.4 Å². The number of Topliss-reactive ketones (excluding diaryl/α,β-unsaturated/α-hetero) is 1. The smallest absolute Gasteiger partial charge is 0.262 e. The van der Waals surface area contributed by atoms with Gasteiger partial charge in [-0.15, -0.1) is 0 Å². The molecule has 2 aliphatic rings. The predicted molar refractivity (Wildman–Crippen MR) is 156 cm³/mol. The molecule has 224 valence electrons. The molecule has 0 spiro atoms. The van der Waals surface area contributed by atoms with Crippen molar-refractivity contribution in [2.24, 2.45) is 18.4 Å². The minimum absolute atomic E-state index is 0.0103. The standard InChI is InChI=1S/C31H32F2N6O3S/c1-20(2)19-38(43(41,42)29-11-13-37(3)36-29)26-7-4-22-14-28-21(18-35-39(28)25-8-5-23(32)6-9-25)16-31(22,17-26)30(40)27-15-24(33)10-12-34-27/h5-6,8-15,18,20,26H,4,7,16-17,19H2,1-3H3/t26-,31-/m0/s1. The normalized spacial score (nSPS) is 20.2. The first-order valence-corrected chi connectivity index (χ1v) is 15.6. The molecule has 6 rings (SSSR count). The highest BCUT2D eigenvalue weighted by Gasteiger charge is 2.52. The Balaban J connectivity index is 1.45. The zero-order valence-corrected chi connectivity index (χ0v) is 24.9. The van der Waals surface area contributed by atoms with Crippen LogP contribution in [0.15, 0.2) is 71.7 Å². The van der Waals surface area contributed by atoms with Gasteiger partial charge in [0.15, 0.2) is 10.8 Å². The number of pyridine rings is 1. The average Bonchev–Trinajstić information content (AvgIpc) is 3.60. The van der Waals surface area contributed by atoms with Crippen LogP contribution in [0.3, 0.4) is 0 Å². The van der Waals surface area contributed by atoms with E-state index in [0.29, 0.717) is 18.5 Å². The van der Waals surface area contributed by atoms with Gasteiger partial charge in [0.2, 0.25) is 0 Å². The summed E-state index contributed by atoms with van der Waals surface area (Å²) in [5.41, 5.74) is 1.86. The van der Waals surface area contributed by atoms with Crippen LogP contribution < -0.4 is 0 Å². The molecule has 3 heterocycles. The molecule has 0 N–H and O–H groups in total. The number of hydrogen-bond acceptors (Lipinski definition) is 6. The average molecular weight is 607 g/mol. The van der Waals surface area contributed by atoms with E-state index >= 15 is 0 Å². The number of nitrogens with zero attached hydrogens (tertiary/aromatic N) is 6. The van der Waals surface area contributed by atoms with Gasteiger partial charge in [0.1, 0.15) is 17.3 Å². The summed E-state index contributed by atoms with van der Waals surface area (Å²) >= 11 is 0. The molecule has 12 heteroatoms. The van der Waals surface area contributed by atoms with Crippen molar-refractivity contribution in [1.29, 1.82) is 0 Å². The van der Waals surface area contributed by atoms with Crippen LogP contribution in [0.2, 0.25) is 0 Å². The lowest BCUT2D eigenvalue weighted by Gasteiger charge is -2.46. The molecular weight excluding hydrogens is 574 g/mol. The fourth-order valence-electron chi connectivity index (χ4n) is 6.35. The summed E-state index contributed by atoms with van der Waals surface area (Å²) < 4.78 is 60.5. The number of benzene rings is 1. The Morgan fingerprint density at radius 3 is 2.58 bits per heavy atom. The number of rotatable bonds is 8. The summed E-state index contributed by atoms with van der Waals surface area (Å²) in [5, 5.41) is 8.69. The summed E-state index contributed by atoms with van der Waals surface area (Å²) in [4.78, 5) is 18.6. The fourth-order valence-corrected chi connectivity index (χ4v) is 8.12. The first kappa shape index (κ1) is 29.1. The Hall–Kier alpha value is -4.03. The predicted octanol–water partition coefficient (Wildman–Crippen LogP) is 4.99. The SMILES string of the molecule is CC(C)CN([C@H]1CCC2=Cc3c(cnn3-c3ccc(F)cc3)C[C@]2(C(=O)c2cc(F)ccn2)C1)S(=O)(=O)c1ccn(C)n1. The molecule has 0 amide bonds. The van der Waals surface area contributed by atoms with Crippen LogP contribution in [0.5, 0.6) is 0 Å². The van der Waals surface area contributed by atoms with Gasteiger partial charge in [0.25, 0.3) is 10.0 Å². The van der Waals surface area contributed by atoms with Crippen LogP contribution in [0.4, 0.5) is 8.78 Å². The van der Waals surface area contributed by atoms with E-state index in [9.17, 15) is 22.0 Å². The number of carbonyl (C=O) groups is 1. The summed E-state index contributed by atoms with van der Waals surface area (Å²) in [6, 6.07) is 9.26. The quantitative estimate of drug-likeness (QED) is 0.262. The van der Waals surface area contributed by atoms with Gasteiger partial charge in [0.05, 0.1) is 23.0 Å². The molecule has 1 saturated carbocycles. The second kappa shape index (κ2) is 10.9. The largest absolute Gasteiger partial charge is 0.291 e. The van der Waals surface area contributed by atoms with E-state index in [2.05, 4.69) is 15.2 Å². The maximum absolute atomic E-state index is 14.4. The molecule has 0 unspecified atom stereocenters. The molecule has 3 aromatic heterocycles. The van der Waals surface area contributed by atoms with Crippen molar-refractivity contribution < 1.29 is 22.0 Å². The van der Waals surface area contributed by atoms with Gasteiger partial charge < -0.3 is 0 Å². The number of sulfonamides is 1. The number of aryl methyl sites for hydroxylation is 1. The lowest BCUT2D eigenvalue weighted by molar-refractivity contribution is 0.0731. The Bertz CT molecular complexity index is 1830. The molecule has 1 aromatic carbocycles. The number of aromatic nitrogens is 5. The van der Waals surface area contributed by atoms with Crippen LogP contribution >= 0.6 is 0 Å². The van der Waals surface area contributed by atoms with Crippen LogP contribution in [0.1, 0.15) is 54.9 Å². The third kappa shape index (κ3) is 5.22. The van der Waals surface area contributed by atoms with E-state index in [4.69, 9.17) is 0 Å². The molecule has 1 fully saturated rings. The molecule has 0 aliphatic heterocycles. The summed E-state index contributed by atoms with van der Waals surface area (Å²) in [6.07, 6.45) is 7.81. The van der Waals surface area contributed by atoms with Crippen LogP contribution in [-0.2, 0) is 23.5 Å². The minimum Gasteiger partial charge on any atom is -0.291 e. The molecule has 4 aromatic rings. The number of carbonyl (C=O) groups excluding carboxylic acids is 1. The molecule has 2 aliphatic carbocycles. The first-order chi connectivity index (χ1) is 20.5. The van der Waals surface area contributed by atoms with Crippen molar-refractivity contribution in [2.45, 2.75) is 50.6 Å². The lowest BCUT2D eigenvalue weighted by Crippen LogP contribution is -2.51. The van der Waals surface area contributed by atoms with Crippen molar-refractivity contribution in [3.05, 3.63) is 95.2 Å². The summed E-state index contributed by atoms with van der Waals surface area (Å²) in [5.74, 6) is -1.28. The molecule has 43 heavy (non-hydrogen) atoms. The topological polar surface area (TPSA) is 103 Å². The van der Waals surface area contributed by atoms with Gasteiger partial charge in [-0.2, -0.15) is 14.5 Å². The van der Waals surface area contributed by atoms with Crippen molar-refractivity contribution in [1.82, 2.24) is 28.9 Å². The Kier molecular flexibility index (Phi) is 7.37. The minimum atomic E-state index is -3.98. The van der Waals surface area contributed by atoms with E-state index in [1.807, 2.05) is 19.9 Å². The van der Waals surface area contributed by atoms with Crippen molar-refractivity contribution in [3.63, 3.8) is 0 Å². The Morgan fingerprint density at radius 2 is 1.91 bits per heavy atom. The monoisotopic (exact) mass is 606 g/mol. The molecule has 0 radical (unpaired) electrons. The first-order valence-electron chi connectivity index (χ1n) is 14.2. The van der Waals surface area contributed by atoms with Crippen molar-refractivity contribution >= 4 is 21.9 Å². The molecule has 0 bridgehead atoms. The number of allylic oxidation sites excluding steroid dienone is 1. The third-order valence-electron chi connectivity index (χ3n) is 8.31. The van der Waals surface area contributed by atoms with Crippen LogP contribution in [0.25, 0.3) is 11.8 Å². The fraction of sp³-hybridized carbons (Fsp3) is 0.355. The molecular formula is C31H32F2N6O3S.